The molecular formula is C17H20BrNO. The van der Waals surface area contributed by atoms with Gasteiger partial charge in [-0.2, -0.15) is 0 Å². The SMILES string of the molecule is CC(C)c1ccccc1Oc1ccc(CCN)cc1Br. The van der Waals surface area contributed by atoms with E-state index in [4.69, 9.17) is 10.5 Å². The Morgan fingerprint density at radius 2 is 1.85 bits per heavy atom. The molecule has 0 saturated carbocycles. The van der Waals surface area contributed by atoms with Crippen molar-refractivity contribution < 1.29 is 4.74 Å². The molecule has 0 atom stereocenters. The van der Waals surface area contributed by atoms with Crippen molar-refractivity contribution in [3.63, 3.8) is 0 Å². The van der Waals surface area contributed by atoms with E-state index in [0.717, 1.165) is 22.4 Å². The molecule has 0 unspecified atom stereocenters. The number of rotatable bonds is 5. The number of ether oxygens (including phenoxy) is 1. The Kier molecular flexibility index (Phi) is 5.21. The summed E-state index contributed by atoms with van der Waals surface area (Å²) in [6.07, 6.45) is 0.876. The molecule has 3 heteroatoms. The van der Waals surface area contributed by atoms with Gasteiger partial charge < -0.3 is 10.5 Å². The van der Waals surface area contributed by atoms with Crippen molar-refractivity contribution >= 4 is 15.9 Å². The Hall–Kier alpha value is -1.32. The topological polar surface area (TPSA) is 35.2 Å². The summed E-state index contributed by atoms with van der Waals surface area (Å²) in [6, 6.07) is 14.3. The van der Waals surface area contributed by atoms with Crippen molar-refractivity contribution in [1.82, 2.24) is 0 Å². The molecule has 2 aromatic rings. The van der Waals surface area contributed by atoms with Crippen LogP contribution in [-0.4, -0.2) is 6.54 Å². The number of benzene rings is 2. The van der Waals surface area contributed by atoms with Crippen molar-refractivity contribution in [2.75, 3.05) is 6.54 Å². The summed E-state index contributed by atoms with van der Waals surface area (Å²) in [6.45, 7) is 4.99. The van der Waals surface area contributed by atoms with Gasteiger partial charge in [-0.05, 0) is 64.1 Å². The van der Waals surface area contributed by atoms with Gasteiger partial charge in [0.25, 0.3) is 0 Å². The third-order valence-electron chi connectivity index (χ3n) is 3.19. The monoisotopic (exact) mass is 333 g/mol. The molecule has 0 spiro atoms. The third kappa shape index (κ3) is 3.62. The van der Waals surface area contributed by atoms with E-state index < -0.39 is 0 Å². The Bertz CT molecular complexity index is 581. The van der Waals surface area contributed by atoms with Gasteiger partial charge in [-0.3, -0.25) is 0 Å². The zero-order valence-corrected chi connectivity index (χ0v) is 13.5. The van der Waals surface area contributed by atoms with Crippen LogP contribution in [0.2, 0.25) is 0 Å². The minimum absolute atomic E-state index is 0.432. The van der Waals surface area contributed by atoms with Gasteiger partial charge in [-0.15, -0.1) is 0 Å². The highest BCUT2D eigenvalue weighted by molar-refractivity contribution is 9.10. The molecule has 20 heavy (non-hydrogen) atoms. The van der Waals surface area contributed by atoms with E-state index in [1.165, 1.54) is 11.1 Å². The van der Waals surface area contributed by atoms with Crippen LogP contribution in [0.3, 0.4) is 0 Å². The first-order valence-corrected chi connectivity index (χ1v) is 7.66. The van der Waals surface area contributed by atoms with Gasteiger partial charge >= 0.3 is 0 Å². The van der Waals surface area contributed by atoms with E-state index in [2.05, 4.69) is 48.0 Å². The van der Waals surface area contributed by atoms with Crippen LogP contribution in [0, 0.1) is 0 Å². The van der Waals surface area contributed by atoms with E-state index >= 15 is 0 Å². The molecule has 0 fully saturated rings. The summed E-state index contributed by atoms with van der Waals surface area (Å²) < 4.78 is 7.02. The minimum Gasteiger partial charge on any atom is -0.456 e. The Labute approximate surface area is 129 Å². The lowest BCUT2D eigenvalue weighted by Gasteiger charge is -2.15. The molecule has 2 N–H and O–H groups in total. The van der Waals surface area contributed by atoms with Gasteiger partial charge in [0.1, 0.15) is 11.5 Å². The second kappa shape index (κ2) is 6.91. The fourth-order valence-corrected chi connectivity index (χ4v) is 2.63. The van der Waals surface area contributed by atoms with Gasteiger partial charge in [-0.25, -0.2) is 0 Å². The van der Waals surface area contributed by atoms with Crippen molar-refractivity contribution in [3.8, 4) is 11.5 Å². The third-order valence-corrected chi connectivity index (χ3v) is 3.81. The van der Waals surface area contributed by atoms with Crippen molar-refractivity contribution in [2.45, 2.75) is 26.2 Å². The number of nitrogens with two attached hydrogens (primary N) is 1. The maximum absolute atomic E-state index is 6.06. The van der Waals surface area contributed by atoms with Crippen LogP contribution in [0.5, 0.6) is 11.5 Å². The first kappa shape index (κ1) is 15.1. The molecule has 0 heterocycles. The second-order valence-electron chi connectivity index (χ2n) is 5.10. The van der Waals surface area contributed by atoms with Gasteiger partial charge in [0.2, 0.25) is 0 Å². The molecule has 0 radical (unpaired) electrons. The molecule has 2 nitrogen and oxygen atoms in total. The first-order valence-electron chi connectivity index (χ1n) is 6.87. The van der Waals surface area contributed by atoms with E-state index in [0.29, 0.717) is 12.5 Å². The number of halogens is 1. The molecular weight excluding hydrogens is 314 g/mol. The Balaban J connectivity index is 2.26. The Morgan fingerprint density at radius 1 is 1.10 bits per heavy atom. The highest BCUT2D eigenvalue weighted by atomic mass is 79.9. The molecule has 106 valence electrons. The molecule has 2 aromatic carbocycles. The first-order chi connectivity index (χ1) is 9.61. The zero-order chi connectivity index (χ0) is 14.5. The summed E-state index contributed by atoms with van der Waals surface area (Å²) in [5.74, 6) is 2.18. The molecule has 0 aromatic heterocycles. The van der Waals surface area contributed by atoms with E-state index in [9.17, 15) is 0 Å². The van der Waals surface area contributed by atoms with Crippen molar-refractivity contribution in [3.05, 3.63) is 58.1 Å². The standard InChI is InChI=1S/C17H20BrNO/c1-12(2)14-5-3-4-6-16(14)20-17-8-7-13(9-10-19)11-15(17)18/h3-8,11-12H,9-10,19H2,1-2H3. The van der Waals surface area contributed by atoms with Crippen LogP contribution in [0.1, 0.15) is 30.9 Å². The predicted octanol–water partition coefficient (Wildman–Crippen LogP) is 4.87. The van der Waals surface area contributed by atoms with E-state index in [1.54, 1.807) is 0 Å². The molecule has 0 amide bonds. The quantitative estimate of drug-likeness (QED) is 0.847. The Morgan fingerprint density at radius 3 is 2.50 bits per heavy atom. The fraction of sp³-hybridized carbons (Fsp3) is 0.294. The van der Waals surface area contributed by atoms with Crippen LogP contribution in [-0.2, 0) is 6.42 Å². The minimum atomic E-state index is 0.432. The maximum atomic E-state index is 6.06. The van der Waals surface area contributed by atoms with Crippen molar-refractivity contribution in [2.24, 2.45) is 5.73 Å². The predicted molar refractivity (Wildman–Crippen MR) is 87.5 cm³/mol. The van der Waals surface area contributed by atoms with Gasteiger partial charge in [0.05, 0.1) is 4.47 Å². The van der Waals surface area contributed by atoms with Crippen molar-refractivity contribution in [1.29, 1.82) is 0 Å². The molecule has 0 saturated heterocycles. The lowest BCUT2D eigenvalue weighted by atomic mass is 10.0. The number of para-hydroxylation sites is 1. The highest BCUT2D eigenvalue weighted by Crippen LogP contribution is 2.34. The van der Waals surface area contributed by atoms with E-state index in [1.807, 2.05) is 24.3 Å². The lowest BCUT2D eigenvalue weighted by molar-refractivity contribution is 0.470. The molecule has 0 aliphatic heterocycles. The van der Waals surface area contributed by atoms with Crippen LogP contribution in [0.25, 0.3) is 0 Å². The molecule has 2 rings (SSSR count). The summed E-state index contributed by atoms with van der Waals surface area (Å²) in [5.41, 5.74) is 8.00. The van der Waals surface area contributed by atoms with Crippen LogP contribution in [0.4, 0.5) is 0 Å². The smallest absolute Gasteiger partial charge is 0.141 e. The van der Waals surface area contributed by atoms with Crippen LogP contribution >= 0.6 is 15.9 Å². The maximum Gasteiger partial charge on any atom is 0.141 e. The largest absolute Gasteiger partial charge is 0.456 e. The average Bonchev–Trinajstić information content (AvgIpc) is 2.42. The summed E-state index contributed by atoms with van der Waals surface area (Å²) in [5, 5.41) is 0. The van der Waals surface area contributed by atoms with Crippen LogP contribution < -0.4 is 10.5 Å². The molecule has 0 aliphatic carbocycles. The summed E-state index contributed by atoms with van der Waals surface area (Å²) >= 11 is 3.57. The fourth-order valence-electron chi connectivity index (χ4n) is 2.12. The number of hydrogen-bond donors (Lipinski definition) is 1. The van der Waals surface area contributed by atoms with Gasteiger partial charge in [0, 0.05) is 0 Å². The van der Waals surface area contributed by atoms with Crippen LogP contribution in [0.15, 0.2) is 46.9 Å². The second-order valence-corrected chi connectivity index (χ2v) is 5.95. The van der Waals surface area contributed by atoms with Gasteiger partial charge in [-0.1, -0.05) is 38.1 Å². The summed E-state index contributed by atoms with van der Waals surface area (Å²) in [7, 11) is 0. The molecule has 0 bridgehead atoms. The zero-order valence-electron chi connectivity index (χ0n) is 11.9. The normalized spacial score (nSPS) is 10.8. The van der Waals surface area contributed by atoms with E-state index in [-0.39, 0.29) is 0 Å². The average molecular weight is 334 g/mol. The van der Waals surface area contributed by atoms with Gasteiger partial charge in [0.15, 0.2) is 0 Å². The highest BCUT2D eigenvalue weighted by Gasteiger charge is 2.10. The number of hydrogen-bond acceptors (Lipinski definition) is 2. The summed E-state index contributed by atoms with van der Waals surface area (Å²) in [4.78, 5) is 0. The lowest BCUT2D eigenvalue weighted by Crippen LogP contribution is -2.02. The molecule has 0 aliphatic rings.